The quantitative estimate of drug-likeness (QED) is 0.848. The van der Waals surface area contributed by atoms with E-state index < -0.39 is 5.97 Å². The van der Waals surface area contributed by atoms with Gasteiger partial charge in [0.05, 0.1) is 6.42 Å². The number of aromatic nitrogens is 1. The van der Waals surface area contributed by atoms with Gasteiger partial charge in [-0.3, -0.25) is 4.79 Å². The number of rotatable bonds is 5. The summed E-state index contributed by atoms with van der Waals surface area (Å²) in [7, 11) is 0. The van der Waals surface area contributed by atoms with Crippen LogP contribution in [0.25, 0.3) is 0 Å². The molecular formula is C12H18N2O2S. The van der Waals surface area contributed by atoms with Crippen molar-refractivity contribution in [1.29, 1.82) is 0 Å². The SMILES string of the molecule is O=C(O)CC1(CNc2nccs2)CCCCC1. The van der Waals surface area contributed by atoms with Gasteiger partial charge < -0.3 is 10.4 Å². The fourth-order valence-corrected chi connectivity index (χ4v) is 3.14. The lowest BCUT2D eigenvalue weighted by Crippen LogP contribution is -2.34. The van der Waals surface area contributed by atoms with Crippen LogP contribution >= 0.6 is 11.3 Å². The topological polar surface area (TPSA) is 62.2 Å². The number of anilines is 1. The maximum Gasteiger partial charge on any atom is 0.303 e. The smallest absolute Gasteiger partial charge is 0.303 e. The van der Waals surface area contributed by atoms with E-state index in [1.165, 1.54) is 6.42 Å². The van der Waals surface area contributed by atoms with E-state index in [1.54, 1.807) is 17.5 Å². The molecule has 2 N–H and O–H groups in total. The third-order valence-corrected chi connectivity index (χ3v) is 4.22. The second-order valence-corrected chi connectivity index (χ2v) is 5.72. The number of nitrogens with one attached hydrogen (secondary N) is 1. The van der Waals surface area contributed by atoms with Crippen LogP contribution in [0.15, 0.2) is 11.6 Å². The third kappa shape index (κ3) is 3.43. The minimum Gasteiger partial charge on any atom is -0.481 e. The summed E-state index contributed by atoms with van der Waals surface area (Å²) in [5.41, 5.74) is -0.0737. The maximum atomic E-state index is 11.0. The van der Waals surface area contributed by atoms with Crippen molar-refractivity contribution in [2.75, 3.05) is 11.9 Å². The van der Waals surface area contributed by atoms with E-state index in [4.69, 9.17) is 5.11 Å². The molecule has 0 radical (unpaired) electrons. The van der Waals surface area contributed by atoms with Crippen LogP contribution in [-0.4, -0.2) is 22.6 Å². The molecule has 1 heterocycles. The van der Waals surface area contributed by atoms with E-state index >= 15 is 0 Å². The van der Waals surface area contributed by atoms with Crippen LogP contribution in [0.2, 0.25) is 0 Å². The first kappa shape index (κ1) is 12.4. The van der Waals surface area contributed by atoms with Gasteiger partial charge in [-0.2, -0.15) is 0 Å². The summed E-state index contributed by atoms with van der Waals surface area (Å²) in [6.07, 6.45) is 7.58. The molecule has 0 spiro atoms. The monoisotopic (exact) mass is 254 g/mol. The first-order chi connectivity index (χ1) is 8.20. The number of hydrogen-bond acceptors (Lipinski definition) is 4. The van der Waals surface area contributed by atoms with Crippen LogP contribution in [0.3, 0.4) is 0 Å². The van der Waals surface area contributed by atoms with E-state index in [0.29, 0.717) is 0 Å². The van der Waals surface area contributed by atoms with Crippen molar-refractivity contribution in [3.05, 3.63) is 11.6 Å². The minimum atomic E-state index is -0.687. The maximum absolute atomic E-state index is 11.0. The molecule has 0 bridgehead atoms. The number of carboxylic acid groups (broad SMARTS) is 1. The Kier molecular flexibility index (Phi) is 3.99. The van der Waals surface area contributed by atoms with Crippen LogP contribution in [0, 0.1) is 5.41 Å². The summed E-state index contributed by atoms with van der Waals surface area (Å²) in [5.74, 6) is -0.687. The Morgan fingerprint density at radius 2 is 2.24 bits per heavy atom. The van der Waals surface area contributed by atoms with Gasteiger partial charge in [0.1, 0.15) is 0 Å². The minimum absolute atomic E-state index is 0.0737. The summed E-state index contributed by atoms with van der Waals surface area (Å²) in [5, 5.41) is 15.1. The Labute approximate surface area is 105 Å². The van der Waals surface area contributed by atoms with Gasteiger partial charge in [-0.25, -0.2) is 4.98 Å². The fourth-order valence-electron chi connectivity index (χ4n) is 2.61. The van der Waals surface area contributed by atoms with E-state index in [-0.39, 0.29) is 11.8 Å². The van der Waals surface area contributed by atoms with Gasteiger partial charge in [0.25, 0.3) is 0 Å². The van der Waals surface area contributed by atoms with Crippen LogP contribution in [0.1, 0.15) is 38.5 Å². The Hall–Kier alpha value is -1.10. The molecule has 1 aromatic rings. The number of thiazole rings is 1. The molecule has 1 aliphatic carbocycles. The Morgan fingerprint density at radius 3 is 2.82 bits per heavy atom. The van der Waals surface area contributed by atoms with Crippen molar-refractivity contribution in [2.45, 2.75) is 38.5 Å². The highest BCUT2D eigenvalue weighted by atomic mass is 32.1. The van der Waals surface area contributed by atoms with Gasteiger partial charge >= 0.3 is 5.97 Å². The van der Waals surface area contributed by atoms with E-state index in [1.807, 2.05) is 5.38 Å². The van der Waals surface area contributed by atoms with E-state index in [2.05, 4.69) is 10.3 Å². The molecular weight excluding hydrogens is 236 g/mol. The van der Waals surface area contributed by atoms with E-state index in [9.17, 15) is 4.79 Å². The zero-order chi connectivity index (χ0) is 12.1. The average molecular weight is 254 g/mol. The molecule has 2 rings (SSSR count). The number of carbonyl (C=O) groups is 1. The predicted molar refractivity (Wildman–Crippen MR) is 68.4 cm³/mol. The highest BCUT2D eigenvalue weighted by Crippen LogP contribution is 2.39. The normalized spacial score (nSPS) is 18.8. The molecule has 0 unspecified atom stereocenters. The Morgan fingerprint density at radius 1 is 1.47 bits per heavy atom. The van der Waals surface area contributed by atoms with Gasteiger partial charge in [-0.05, 0) is 18.3 Å². The molecule has 1 aromatic heterocycles. The Bertz CT molecular complexity index is 359. The van der Waals surface area contributed by atoms with Crippen molar-refractivity contribution in [1.82, 2.24) is 4.98 Å². The average Bonchev–Trinajstić information content (AvgIpc) is 2.80. The summed E-state index contributed by atoms with van der Waals surface area (Å²) >= 11 is 1.56. The predicted octanol–water partition coefficient (Wildman–Crippen LogP) is 2.98. The first-order valence-corrected chi connectivity index (χ1v) is 6.93. The van der Waals surface area contributed by atoms with Gasteiger partial charge in [-0.1, -0.05) is 19.3 Å². The molecule has 94 valence electrons. The molecule has 1 saturated carbocycles. The molecule has 4 nitrogen and oxygen atoms in total. The molecule has 0 atom stereocenters. The molecule has 0 amide bonds. The van der Waals surface area contributed by atoms with Crippen molar-refractivity contribution >= 4 is 22.4 Å². The van der Waals surface area contributed by atoms with Crippen molar-refractivity contribution in [2.24, 2.45) is 5.41 Å². The largest absolute Gasteiger partial charge is 0.481 e. The molecule has 17 heavy (non-hydrogen) atoms. The lowest BCUT2D eigenvalue weighted by atomic mass is 9.72. The summed E-state index contributed by atoms with van der Waals surface area (Å²) in [4.78, 5) is 15.2. The van der Waals surface area contributed by atoms with Crippen molar-refractivity contribution < 1.29 is 9.90 Å². The van der Waals surface area contributed by atoms with Crippen LogP contribution < -0.4 is 5.32 Å². The zero-order valence-electron chi connectivity index (χ0n) is 9.82. The lowest BCUT2D eigenvalue weighted by Gasteiger charge is -2.36. The molecule has 0 aromatic carbocycles. The number of hydrogen-bond donors (Lipinski definition) is 2. The zero-order valence-corrected chi connectivity index (χ0v) is 10.6. The second kappa shape index (κ2) is 5.49. The van der Waals surface area contributed by atoms with Crippen LogP contribution in [0.4, 0.5) is 5.13 Å². The molecule has 1 fully saturated rings. The summed E-state index contributed by atoms with van der Waals surface area (Å²) in [6, 6.07) is 0. The number of carboxylic acids is 1. The summed E-state index contributed by atoms with van der Waals surface area (Å²) in [6.45, 7) is 0.729. The highest BCUT2D eigenvalue weighted by Gasteiger charge is 2.34. The summed E-state index contributed by atoms with van der Waals surface area (Å²) < 4.78 is 0. The number of aliphatic carboxylic acids is 1. The van der Waals surface area contributed by atoms with Gasteiger partial charge in [0, 0.05) is 18.1 Å². The fraction of sp³-hybridized carbons (Fsp3) is 0.667. The molecule has 5 heteroatoms. The first-order valence-electron chi connectivity index (χ1n) is 6.05. The van der Waals surface area contributed by atoms with Crippen LogP contribution in [-0.2, 0) is 4.79 Å². The van der Waals surface area contributed by atoms with Crippen molar-refractivity contribution in [3.8, 4) is 0 Å². The Balaban J connectivity index is 1.97. The molecule has 1 aliphatic rings. The molecule has 0 saturated heterocycles. The van der Waals surface area contributed by atoms with Gasteiger partial charge in [0.15, 0.2) is 5.13 Å². The third-order valence-electron chi connectivity index (χ3n) is 3.49. The standard InChI is InChI=1S/C12H18N2O2S/c15-10(16)8-12(4-2-1-3-5-12)9-14-11-13-6-7-17-11/h6-7H,1-5,8-9H2,(H,13,14)(H,15,16). The van der Waals surface area contributed by atoms with E-state index in [0.717, 1.165) is 37.4 Å². The van der Waals surface area contributed by atoms with Gasteiger partial charge in [-0.15, -0.1) is 11.3 Å². The molecule has 0 aliphatic heterocycles. The van der Waals surface area contributed by atoms with Crippen LogP contribution in [0.5, 0.6) is 0 Å². The van der Waals surface area contributed by atoms with Crippen molar-refractivity contribution in [3.63, 3.8) is 0 Å². The lowest BCUT2D eigenvalue weighted by molar-refractivity contribution is -0.140. The van der Waals surface area contributed by atoms with Gasteiger partial charge in [0.2, 0.25) is 0 Å². The number of nitrogens with zero attached hydrogens (tertiary/aromatic N) is 1. The second-order valence-electron chi connectivity index (χ2n) is 4.82. The highest BCUT2D eigenvalue weighted by molar-refractivity contribution is 7.13.